The van der Waals surface area contributed by atoms with E-state index in [1.54, 1.807) is 6.08 Å². The number of allylic oxidation sites excluding steroid dienone is 1. The number of nitriles is 1. The van der Waals surface area contributed by atoms with Gasteiger partial charge in [0.1, 0.15) is 23.2 Å². The Hall–Kier alpha value is -3.75. The number of halogens is 3. The van der Waals surface area contributed by atoms with Crippen LogP contribution in [0.2, 0.25) is 0 Å². The van der Waals surface area contributed by atoms with Crippen LogP contribution in [0.1, 0.15) is 44.9 Å². The molecule has 0 unspecified atom stereocenters. The van der Waals surface area contributed by atoms with E-state index in [9.17, 15) is 32.8 Å². The van der Waals surface area contributed by atoms with E-state index in [0.29, 0.717) is 13.0 Å². The number of hydrogen-bond donors (Lipinski definition) is 3. The number of nitrogens with zero attached hydrogens (tertiary/aromatic N) is 1. The Kier molecular flexibility index (Phi) is 9.77. The summed E-state index contributed by atoms with van der Waals surface area (Å²) in [5.41, 5.74) is -0.00875. The lowest BCUT2D eigenvalue weighted by atomic mass is 9.88. The van der Waals surface area contributed by atoms with Crippen LogP contribution in [0.5, 0.6) is 11.5 Å². The monoisotopic (exact) mass is 522 g/mol. The Morgan fingerprint density at radius 1 is 1.14 bits per heavy atom. The quantitative estimate of drug-likeness (QED) is 0.405. The van der Waals surface area contributed by atoms with Crippen molar-refractivity contribution in [1.82, 2.24) is 16.0 Å². The molecule has 1 aliphatic heterocycles. The van der Waals surface area contributed by atoms with E-state index in [1.165, 1.54) is 12.1 Å². The largest absolute Gasteiger partial charge is 0.573 e. The molecule has 12 heteroatoms. The van der Waals surface area contributed by atoms with Gasteiger partial charge in [-0.3, -0.25) is 14.4 Å². The average Bonchev–Trinajstić information content (AvgIpc) is 3.26. The van der Waals surface area contributed by atoms with Gasteiger partial charge in [-0.1, -0.05) is 25.3 Å². The number of benzene rings is 1. The molecule has 1 aromatic rings. The van der Waals surface area contributed by atoms with Gasteiger partial charge in [-0.15, -0.1) is 13.2 Å². The topological polar surface area (TPSA) is 130 Å². The van der Waals surface area contributed by atoms with Crippen molar-refractivity contribution < 1.29 is 37.0 Å². The van der Waals surface area contributed by atoms with Gasteiger partial charge in [-0.2, -0.15) is 5.26 Å². The van der Waals surface area contributed by atoms with E-state index in [4.69, 9.17) is 4.74 Å². The predicted molar refractivity (Wildman–Crippen MR) is 125 cm³/mol. The summed E-state index contributed by atoms with van der Waals surface area (Å²) in [6.07, 6.45) is 2.42. The Bertz CT molecular complexity index is 1030. The van der Waals surface area contributed by atoms with Crippen molar-refractivity contribution in [3.63, 3.8) is 0 Å². The van der Waals surface area contributed by atoms with Crippen LogP contribution >= 0.6 is 0 Å². The smallest absolute Gasteiger partial charge is 0.484 e. The molecule has 3 N–H and O–H groups in total. The third kappa shape index (κ3) is 9.33. The highest BCUT2D eigenvalue weighted by molar-refractivity contribution is 5.98. The fraction of sp³-hybridized carbons (Fsp3) is 0.520. The molecule has 0 radical (unpaired) electrons. The third-order valence-electron chi connectivity index (χ3n) is 6.14. The van der Waals surface area contributed by atoms with Crippen LogP contribution in [0.15, 0.2) is 36.0 Å². The summed E-state index contributed by atoms with van der Waals surface area (Å²) in [6.45, 7) is 0.0231. The van der Waals surface area contributed by atoms with Crippen molar-refractivity contribution in [1.29, 1.82) is 5.26 Å². The van der Waals surface area contributed by atoms with Crippen molar-refractivity contribution in [3.8, 4) is 17.6 Å². The number of rotatable bonds is 10. The summed E-state index contributed by atoms with van der Waals surface area (Å²) in [6, 6.07) is 5.62. The highest BCUT2D eigenvalue weighted by Crippen LogP contribution is 2.26. The number of carbonyl (C=O) groups is 3. The first-order valence-electron chi connectivity index (χ1n) is 12.1. The van der Waals surface area contributed by atoms with E-state index in [-0.39, 0.29) is 35.6 Å². The number of amides is 3. The molecule has 0 spiro atoms. The minimum atomic E-state index is -4.82. The molecule has 0 bridgehead atoms. The molecule has 2 fully saturated rings. The summed E-state index contributed by atoms with van der Waals surface area (Å²) in [5.74, 6) is -2.04. The van der Waals surface area contributed by atoms with E-state index < -0.39 is 36.6 Å². The molecule has 1 aromatic carbocycles. The minimum Gasteiger partial charge on any atom is -0.484 e. The van der Waals surface area contributed by atoms with Crippen molar-refractivity contribution in [2.45, 2.75) is 57.3 Å². The molecule has 1 saturated heterocycles. The first-order chi connectivity index (χ1) is 17.6. The van der Waals surface area contributed by atoms with Crippen LogP contribution in [0.4, 0.5) is 13.2 Å². The number of hydrogen-bond acceptors (Lipinski definition) is 6. The molecular formula is C25H29F3N4O5. The molecule has 200 valence electrons. The zero-order valence-electron chi connectivity index (χ0n) is 20.1. The zero-order valence-corrected chi connectivity index (χ0v) is 20.1. The molecule has 1 saturated carbocycles. The fourth-order valence-corrected chi connectivity index (χ4v) is 4.32. The van der Waals surface area contributed by atoms with Gasteiger partial charge in [-0.05, 0) is 55.9 Å². The molecule has 2 aliphatic rings. The van der Waals surface area contributed by atoms with E-state index in [2.05, 4.69) is 20.7 Å². The van der Waals surface area contributed by atoms with Crippen LogP contribution in [0, 0.1) is 23.2 Å². The zero-order chi connectivity index (χ0) is 26.8. The molecule has 3 rings (SSSR count). The number of alkyl halides is 3. The lowest BCUT2D eigenvalue weighted by Gasteiger charge is -2.21. The highest BCUT2D eigenvalue weighted by Gasteiger charge is 2.31. The van der Waals surface area contributed by atoms with Crippen molar-refractivity contribution in [2.24, 2.45) is 11.8 Å². The second kappa shape index (κ2) is 13.0. The lowest BCUT2D eigenvalue weighted by Crippen LogP contribution is -2.42. The second-order valence-corrected chi connectivity index (χ2v) is 9.00. The molecule has 9 nitrogen and oxygen atoms in total. The summed E-state index contributed by atoms with van der Waals surface area (Å²) < 4.78 is 46.0. The minimum absolute atomic E-state index is 0.00875. The molecule has 1 heterocycles. The molecule has 3 amide bonds. The van der Waals surface area contributed by atoms with Crippen molar-refractivity contribution in [2.75, 3.05) is 13.2 Å². The van der Waals surface area contributed by atoms with E-state index in [1.807, 2.05) is 6.07 Å². The molecule has 1 aliphatic carbocycles. The highest BCUT2D eigenvalue weighted by atomic mass is 19.4. The Labute approximate surface area is 212 Å². The van der Waals surface area contributed by atoms with Crippen LogP contribution in [-0.4, -0.2) is 43.3 Å². The first-order valence-corrected chi connectivity index (χ1v) is 12.1. The average molecular weight is 523 g/mol. The second-order valence-electron chi connectivity index (χ2n) is 9.00. The van der Waals surface area contributed by atoms with Gasteiger partial charge in [0, 0.05) is 12.5 Å². The number of carbonyl (C=O) groups excluding carboxylic acids is 3. The summed E-state index contributed by atoms with van der Waals surface area (Å²) in [7, 11) is 0. The maximum absolute atomic E-state index is 13.0. The summed E-state index contributed by atoms with van der Waals surface area (Å²) in [4.78, 5) is 37.4. The Morgan fingerprint density at radius 3 is 2.41 bits per heavy atom. The predicted octanol–water partition coefficient (Wildman–Crippen LogP) is 3.08. The van der Waals surface area contributed by atoms with E-state index >= 15 is 0 Å². The van der Waals surface area contributed by atoms with Gasteiger partial charge in [0.25, 0.3) is 11.8 Å². The molecule has 0 aromatic heterocycles. The number of ether oxygens (including phenoxy) is 2. The van der Waals surface area contributed by atoms with Crippen LogP contribution in [-0.2, 0) is 14.4 Å². The van der Waals surface area contributed by atoms with Gasteiger partial charge >= 0.3 is 6.36 Å². The van der Waals surface area contributed by atoms with Gasteiger partial charge in [0.05, 0.1) is 6.07 Å². The van der Waals surface area contributed by atoms with Crippen molar-refractivity contribution in [3.05, 3.63) is 36.0 Å². The van der Waals surface area contributed by atoms with Gasteiger partial charge < -0.3 is 25.4 Å². The lowest BCUT2D eigenvalue weighted by molar-refractivity contribution is -0.274. The summed E-state index contributed by atoms with van der Waals surface area (Å²) >= 11 is 0. The molecule has 2 atom stereocenters. The maximum Gasteiger partial charge on any atom is 0.573 e. The fourth-order valence-electron chi connectivity index (χ4n) is 4.32. The van der Waals surface area contributed by atoms with Gasteiger partial charge in [0.2, 0.25) is 5.91 Å². The standard InChI is InChI=1S/C25H29F3N4O5/c26-25(27,28)37-20-8-6-19(7-9-20)36-15-22(33)32-21(12-16-4-2-1-3-5-16)24(35)31-18(14-29)13-17-10-11-30-23(17)34/h6-9,12,16-18H,1-5,10-11,13,15H2,(H,30,34)(H,31,35)(H,32,33)/b21-12-/t17-,18-/m0/s1. The van der Waals surface area contributed by atoms with Crippen molar-refractivity contribution >= 4 is 17.7 Å². The molecule has 37 heavy (non-hydrogen) atoms. The maximum atomic E-state index is 13.0. The normalized spacial score (nSPS) is 19.4. The first kappa shape index (κ1) is 27.8. The SMILES string of the molecule is N#C[C@H](C[C@@H]1CCNC1=O)NC(=O)/C(=C/C1CCCCC1)NC(=O)COc1ccc(OC(F)(F)F)cc1. The number of nitrogens with one attached hydrogen (secondary N) is 3. The van der Waals surface area contributed by atoms with Gasteiger partial charge in [0.15, 0.2) is 6.61 Å². The van der Waals surface area contributed by atoms with Crippen LogP contribution in [0.25, 0.3) is 0 Å². The van der Waals surface area contributed by atoms with Crippen LogP contribution < -0.4 is 25.4 Å². The van der Waals surface area contributed by atoms with E-state index in [0.717, 1.165) is 44.2 Å². The Morgan fingerprint density at radius 2 is 1.81 bits per heavy atom. The van der Waals surface area contributed by atoms with Crippen LogP contribution in [0.3, 0.4) is 0 Å². The summed E-state index contributed by atoms with van der Waals surface area (Å²) in [5, 5.41) is 17.3. The Balaban J connectivity index is 1.60. The van der Waals surface area contributed by atoms with Gasteiger partial charge in [-0.25, -0.2) is 0 Å². The molecular weight excluding hydrogens is 493 g/mol. The third-order valence-corrected chi connectivity index (χ3v) is 6.14.